The number of benzene rings is 1. The Morgan fingerprint density at radius 2 is 1.80 bits per heavy atom. The summed E-state index contributed by atoms with van der Waals surface area (Å²) in [6.07, 6.45) is 1.32. The van der Waals surface area contributed by atoms with Gasteiger partial charge in [-0.25, -0.2) is 13.1 Å². The maximum atomic E-state index is 11.8. The molecule has 0 unspecified atom stereocenters. The molecule has 0 fully saturated rings. The summed E-state index contributed by atoms with van der Waals surface area (Å²) in [5.74, 6) is 0.636. The fraction of sp³-hybridized carbons (Fsp3) is 0.571. The molecule has 0 saturated carbocycles. The average molecular weight is 319 g/mol. The van der Waals surface area contributed by atoms with Crippen molar-refractivity contribution in [2.24, 2.45) is 0 Å². The zero-order valence-corrected chi connectivity index (χ0v) is 13.7. The summed E-state index contributed by atoms with van der Waals surface area (Å²) in [5.41, 5.74) is 2.16. The quantitative estimate of drug-likeness (QED) is 0.561. The fourth-order valence-corrected chi connectivity index (χ4v) is 3.16. The Labute approximate surface area is 127 Å². The molecule has 0 aromatic heterocycles. The minimum absolute atomic E-state index is 0.134. The van der Waals surface area contributed by atoms with Gasteiger partial charge < -0.3 is 4.90 Å². The van der Waals surface area contributed by atoms with E-state index in [-0.39, 0.29) is 5.75 Å². The van der Waals surface area contributed by atoms with Crippen LogP contribution in [0.15, 0.2) is 24.3 Å². The zero-order valence-electron chi connectivity index (χ0n) is 12.1. The first-order valence-electron chi connectivity index (χ1n) is 6.69. The second-order valence-corrected chi connectivity index (χ2v) is 7.35. The Balaban J connectivity index is 2.60. The highest BCUT2D eigenvalue weighted by Gasteiger charge is 2.11. The third-order valence-electron chi connectivity index (χ3n) is 2.88. The summed E-state index contributed by atoms with van der Waals surface area (Å²) in [6, 6.07) is 7.88. The molecule has 1 aromatic carbocycles. The fourth-order valence-electron chi connectivity index (χ4n) is 1.87. The lowest BCUT2D eigenvalue weighted by atomic mass is 10.1. The smallest absolute Gasteiger partial charge is 0.211 e. The molecule has 0 radical (unpaired) electrons. The van der Waals surface area contributed by atoms with E-state index in [2.05, 4.69) is 9.62 Å². The van der Waals surface area contributed by atoms with Crippen LogP contribution in [-0.4, -0.2) is 39.0 Å². The van der Waals surface area contributed by atoms with Gasteiger partial charge in [-0.15, -0.1) is 11.6 Å². The Morgan fingerprint density at radius 1 is 1.15 bits per heavy atom. The second-order valence-electron chi connectivity index (χ2n) is 5.04. The molecule has 0 heterocycles. The van der Waals surface area contributed by atoms with Crippen LogP contribution in [0, 0.1) is 0 Å². The summed E-state index contributed by atoms with van der Waals surface area (Å²) >= 11 is 5.55. The number of sulfonamides is 1. The van der Waals surface area contributed by atoms with Crippen molar-refractivity contribution >= 4 is 21.6 Å². The molecule has 0 bridgehead atoms. The summed E-state index contributed by atoms with van der Waals surface area (Å²) in [4.78, 5) is 2.06. The Morgan fingerprint density at radius 3 is 2.40 bits per heavy atom. The molecule has 0 aliphatic heterocycles. The molecule has 6 heteroatoms. The van der Waals surface area contributed by atoms with E-state index in [1.165, 1.54) is 0 Å². The summed E-state index contributed by atoms with van der Waals surface area (Å²) < 4.78 is 26.4. The van der Waals surface area contributed by atoms with Gasteiger partial charge >= 0.3 is 0 Å². The van der Waals surface area contributed by atoms with E-state index in [4.69, 9.17) is 11.6 Å². The second kappa shape index (κ2) is 8.62. The maximum Gasteiger partial charge on any atom is 0.211 e. The molecular formula is C14H23ClN2O2S. The van der Waals surface area contributed by atoms with Crippen LogP contribution in [0.25, 0.3) is 0 Å². The topological polar surface area (TPSA) is 49.4 Å². The number of nitrogens with zero attached hydrogens (tertiary/aromatic N) is 1. The highest BCUT2D eigenvalue weighted by atomic mass is 35.5. The molecular weight excluding hydrogens is 296 g/mol. The lowest BCUT2D eigenvalue weighted by Crippen LogP contribution is -2.26. The van der Waals surface area contributed by atoms with E-state index in [1.54, 1.807) is 0 Å². The van der Waals surface area contributed by atoms with Gasteiger partial charge in [0.2, 0.25) is 10.0 Å². The molecule has 1 rings (SSSR count). The molecule has 0 aliphatic carbocycles. The molecule has 0 saturated heterocycles. The van der Waals surface area contributed by atoms with Crippen molar-refractivity contribution in [3.63, 3.8) is 0 Å². The molecule has 0 amide bonds. The number of alkyl halides is 1. The summed E-state index contributed by atoms with van der Waals surface area (Å²) in [5, 5.41) is 0. The Hall–Kier alpha value is -0.620. The van der Waals surface area contributed by atoms with Crippen LogP contribution in [0.3, 0.4) is 0 Å². The lowest BCUT2D eigenvalue weighted by Gasteiger charge is -2.14. The van der Waals surface area contributed by atoms with Crippen molar-refractivity contribution in [3.05, 3.63) is 35.4 Å². The van der Waals surface area contributed by atoms with Crippen LogP contribution >= 0.6 is 11.6 Å². The summed E-state index contributed by atoms with van der Waals surface area (Å²) in [7, 11) is 0.767. The van der Waals surface area contributed by atoms with Crippen molar-refractivity contribution in [1.29, 1.82) is 0 Å². The standard InChI is InChI=1S/C14H23ClN2O2S/c1-17(2)12-14-8-4-3-7-13(14)11-16-20(18,19)10-6-5-9-15/h3-4,7-8,16H,5-6,9-12H2,1-2H3. The van der Waals surface area contributed by atoms with Crippen LogP contribution in [0.5, 0.6) is 0 Å². The van der Waals surface area contributed by atoms with Gasteiger partial charge in [-0.05, 0) is 38.1 Å². The van der Waals surface area contributed by atoms with Crippen LogP contribution in [0.1, 0.15) is 24.0 Å². The molecule has 114 valence electrons. The first kappa shape index (κ1) is 17.4. The number of hydrogen-bond donors (Lipinski definition) is 1. The first-order valence-corrected chi connectivity index (χ1v) is 8.88. The Kier molecular flexibility index (Phi) is 7.51. The number of nitrogens with one attached hydrogen (secondary N) is 1. The predicted molar refractivity (Wildman–Crippen MR) is 84.4 cm³/mol. The number of rotatable bonds is 9. The largest absolute Gasteiger partial charge is 0.305 e. The van der Waals surface area contributed by atoms with Gasteiger partial charge in [-0.3, -0.25) is 0 Å². The SMILES string of the molecule is CN(C)Cc1ccccc1CNS(=O)(=O)CCCCCl. The van der Waals surface area contributed by atoms with Crippen molar-refractivity contribution in [1.82, 2.24) is 9.62 Å². The first-order chi connectivity index (χ1) is 9.44. The Bertz CT molecular complexity index is 504. The third-order valence-corrected chi connectivity index (χ3v) is 4.56. The predicted octanol–water partition coefficient (Wildman–Crippen LogP) is 2.19. The van der Waals surface area contributed by atoms with Crippen molar-refractivity contribution in [2.75, 3.05) is 25.7 Å². The summed E-state index contributed by atoms with van der Waals surface area (Å²) in [6.45, 7) is 1.14. The normalized spacial score (nSPS) is 12.0. The molecule has 0 aliphatic rings. The lowest BCUT2D eigenvalue weighted by molar-refractivity contribution is 0.400. The molecule has 0 atom stereocenters. The van der Waals surface area contributed by atoms with E-state index in [0.29, 0.717) is 18.8 Å². The number of unbranched alkanes of at least 4 members (excludes halogenated alkanes) is 1. The van der Waals surface area contributed by atoms with Crippen LogP contribution in [-0.2, 0) is 23.1 Å². The van der Waals surface area contributed by atoms with Gasteiger partial charge in [0, 0.05) is 19.0 Å². The minimum atomic E-state index is -3.22. The van der Waals surface area contributed by atoms with Crippen LogP contribution in [0.2, 0.25) is 0 Å². The van der Waals surface area contributed by atoms with Crippen molar-refractivity contribution < 1.29 is 8.42 Å². The van der Waals surface area contributed by atoms with Gasteiger partial charge in [0.25, 0.3) is 0 Å². The third kappa shape index (κ3) is 6.70. The highest BCUT2D eigenvalue weighted by Crippen LogP contribution is 2.11. The van der Waals surface area contributed by atoms with E-state index < -0.39 is 10.0 Å². The monoisotopic (exact) mass is 318 g/mol. The maximum absolute atomic E-state index is 11.8. The van der Waals surface area contributed by atoms with Gasteiger partial charge in [-0.2, -0.15) is 0 Å². The molecule has 1 N–H and O–H groups in total. The van der Waals surface area contributed by atoms with Crippen LogP contribution < -0.4 is 4.72 Å². The molecule has 1 aromatic rings. The molecule has 0 spiro atoms. The average Bonchev–Trinajstić information content (AvgIpc) is 2.37. The van der Waals surface area contributed by atoms with E-state index in [9.17, 15) is 8.42 Å². The number of hydrogen-bond acceptors (Lipinski definition) is 3. The van der Waals surface area contributed by atoms with Gasteiger partial charge in [-0.1, -0.05) is 24.3 Å². The van der Waals surface area contributed by atoms with Gasteiger partial charge in [0.1, 0.15) is 0 Å². The van der Waals surface area contributed by atoms with E-state index in [1.807, 2.05) is 38.4 Å². The van der Waals surface area contributed by atoms with E-state index >= 15 is 0 Å². The van der Waals surface area contributed by atoms with Crippen LogP contribution in [0.4, 0.5) is 0 Å². The minimum Gasteiger partial charge on any atom is -0.305 e. The van der Waals surface area contributed by atoms with Crippen molar-refractivity contribution in [2.45, 2.75) is 25.9 Å². The molecule has 4 nitrogen and oxygen atoms in total. The van der Waals surface area contributed by atoms with E-state index in [0.717, 1.165) is 24.1 Å². The highest BCUT2D eigenvalue weighted by molar-refractivity contribution is 7.89. The number of halogens is 1. The van der Waals surface area contributed by atoms with Gasteiger partial charge in [0.15, 0.2) is 0 Å². The molecule has 20 heavy (non-hydrogen) atoms. The van der Waals surface area contributed by atoms with Gasteiger partial charge in [0.05, 0.1) is 5.75 Å². The zero-order chi connectivity index (χ0) is 15.0. The van der Waals surface area contributed by atoms with Crippen molar-refractivity contribution in [3.8, 4) is 0 Å².